The Balaban J connectivity index is 1.37. The van der Waals surface area contributed by atoms with Crippen molar-refractivity contribution in [3.63, 3.8) is 0 Å². The normalized spacial score (nSPS) is 23.0. The van der Waals surface area contributed by atoms with Gasteiger partial charge in [0, 0.05) is 27.6 Å². The minimum absolute atomic E-state index is 0.181. The molecule has 0 radical (unpaired) electrons. The van der Waals surface area contributed by atoms with E-state index < -0.39 is 0 Å². The third-order valence-corrected chi connectivity index (χ3v) is 9.47. The molecule has 2 fully saturated rings. The van der Waals surface area contributed by atoms with Gasteiger partial charge in [0.2, 0.25) is 5.91 Å². The molecule has 1 aliphatic heterocycles. The second-order valence-corrected chi connectivity index (χ2v) is 11.7. The zero-order valence-electron chi connectivity index (χ0n) is 20.3. The minimum Gasteiger partial charge on any atom is -0.369 e. The number of primary amides is 1. The third-order valence-electron chi connectivity index (χ3n) is 8.10. The summed E-state index contributed by atoms with van der Waals surface area (Å²) in [7, 11) is 0. The number of nitrogens with one attached hydrogen (secondary N) is 1. The highest BCUT2D eigenvalue weighted by atomic mass is 32.1. The van der Waals surface area contributed by atoms with Crippen LogP contribution in [0.25, 0.3) is 27.1 Å². The molecular weight excluding hydrogens is 444 g/mol. The van der Waals surface area contributed by atoms with Crippen LogP contribution in [0.4, 0.5) is 0 Å². The van der Waals surface area contributed by atoms with E-state index in [0.29, 0.717) is 18.4 Å². The molecule has 2 aliphatic rings. The number of likely N-dealkylation sites (tertiary alicyclic amines) is 1. The van der Waals surface area contributed by atoms with E-state index in [0.717, 1.165) is 36.2 Å². The fraction of sp³-hybridized carbons (Fsp3) is 0.500. The van der Waals surface area contributed by atoms with Gasteiger partial charge in [0.1, 0.15) is 11.2 Å². The molecule has 178 valence electrons. The number of thiophene rings is 1. The Labute approximate surface area is 203 Å². The van der Waals surface area contributed by atoms with Crippen molar-refractivity contribution in [2.75, 3.05) is 13.1 Å². The first-order chi connectivity index (χ1) is 16.3. The molecule has 0 aromatic carbocycles. The number of nitrogens with two attached hydrogens (primary N) is 1. The summed E-state index contributed by atoms with van der Waals surface area (Å²) in [6.45, 7) is 10.3. The quantitative estimate of drug-likeness (QED) is 0.429. The van der Waals surface area contributed by atoms with Gasteiger partial charge in [0.15, 0.2) is 5.65 Å². The molecule has 8 heteroatoms. The summed E-state index contributed by atoms with van der Waals surface area (Å²) in [6.07, 6.45) is 8.31. The molecule has 3 N–H and O–H groups in total. The lowest BCUT2D eigenvalue weighted by atomic mass is 9.65. The fourth-order valence-electron chi connectivity index (χ4n) is 6.61. The van der Waals surface area contributed by atoms with E-state index in [4.69, 9.17) is 5.73 Å². The number of fused-ring (bicyclic) bond motifs is 2. The Morgan fingerprint density at radius 1 is 1.35 bits per heavy atom. The molecule has 4 aromatic rings. The molecule has 0 unspecified atom stereocenters. The van der Waals surface area contributed by atoms with Crippen molar-refractivity contribution in [1.82, 2.24) is 24.5 Å². The number of aromatic amines is 1. The van der Waals surface area contributed by atoms with Gasteiger partial charge in [-0.1, -0.05) is 13.8 Å². The number of hydrogen-bond donors (Lipinski definition) is 2. The Hall–Kier alpha value is -2.71. The molecule has 1 aliphatic carbocycles. The molecule has 1 saturated heterocycles. The summed E-state index contributed by atoms with van der Waals surface area (Å²) in [5, 5.41) is 5.77. The summed E-state index contributed by atoms with van der Waals surface area (Å²) in [6, 6.07) is 2.21. The van der Waals surface area contributed by atoms with Crippen LogP contribution in [0.15, 0.2) is 18.6 Å². The number of rotatable bonds is 5. The first-order valence-corrected chi connectivity index (χ1v) is 13.1. The number of amides is 1. The number of carbonyl (C=O) groups excluding carboxylic acids is 1. The maximum Gasteiger partial charge on any atom is 0.231 e. The topological polar surface area (TPSA) is 92.3 Å². The highest BCUT2D eigenvalue weighted by Gasteiger charge is 2.52. The second-order valence-electron chi connectivity index (χ2n) is 10.6. The fourth-order valence-corrected chi connectivity index (χ4v) is 7.94. The maximum atomic E-state index is 11.6. The summed E-state index contributed by atoms with van der Waals surface area (Å²) in [5.74, 6) is 0.750. The molecule has 6 rings (SSSR count). The number of hydrogen-bond acceptors (Lipinski definition) is 5. The number of pyridine rings is 1. The van der Waals surface area contributed by atoms with Crippen molar-refractivity contribution in [2.24, 2.45) is 5.73 Å². The first-order valence-electron chi connectivity index (χ1n) is 12.3. The van der Waals surface area contributed by atoms with Crippen molar-refractivity contribution in [3.05, 3.63) is 40.2 Å². The van der Waals surface area contributed by atoms with E-state index in [1.807, 2.05) is 15.9 Å². The summed E-state index contributed by atoms with van der Waals surface area (Å²) in [4.78, 5) is 24.9. The van der Waals surface area contributed by atoms with Crippen molar-refractivity contribution in [3.8, 4) is 11.3 Å². The largest absolute Gasteiger partial charge is 0.369 e. The van der Waals surface area contributed by atoms with Crippen LogP contribution in [-0.2, 0) is 4.79 Å². The van der Waals surface area contributed by atoms with Crippen LogP contribution < -0.4 is 5.73 Å². The van der Waals surface area contributed by atoms with Crippen LogP contribution in [0.2, 0.25) is 0 Å². The lowest BCUT2D eigenvalue weighted by Gasteiger charge is -2.50. The standard InChI is InChI=1S/C26H32N6OS/c1-14(2)20-21-16(4)23(18-9-26(10-18)6-5-7-31(26)12-19(27)33)34-25(21)30-22(20)17-8-15(3)24-28-13-29-32(24)11-17/h8,11,13-14,18,30H,5-7,9-10,12H2,1-4H3,(H2,27,33). The van der Waals surface area contributed by atoms with Crippen LogP contribution >= 0.6 is 11.3 Å². The zero-order chi connectivity index (χ0) is 23.8. The monoisotopic (exact) mass is 476 g/mol. The molecular formula is C26H32N6OS. The van der Waals surface area contributed by atoms with Gasteiger partial charge in [0.05, 0.1) is 12.2 Å². The zero-order valence-corrected chi connectivity index (χ0v) is 21.1. The second kappa shape index (κ2) is 7.65. The maximum absolute atomic E-state index is 11.6. The van der Waals surface area contributed by atoms with Crippen LogP contribution in [0.3, 0.4) is 0 Å². The molecule has 5 heterocycles. The molecule has 34 heavy (non-hydrogen) atoms. The molecule has 0 bridgehead atoms. The lowest BCUT2D eigenvalue weighted by molar-refractivity contribution is -0.121. The van der Waals surface area contributed by atoms with E-state index in [1.165, 1.54) is 44.8 Å². The van der Waals surface area contributed by atoms with Crippen LogP contribution in [-0.4, -0.2) is 49.0 Å². The number of carbonyl (C=O) groups is 1. The number of H-pyrrole nitrogens is 1. The minimum atomic E-state index is -0.209. The van der Waals surface area contributed by atoms with Crippen molar-refractivity contribution in [1.29, 1.82) is 0 Å². The molecule has 4 aromatic heterocycles. The molecule has 1 saturated carbocycles. The number of aromatic nitrogens is 4. The molecule has 1 amide bonds. The van der Waals surface area contributed by atoms with Gasteiger partial charge in [0.25, 0.3) is 0 Å². The van der Waals surface area contributed by atoms with Gasteiger partial charge >= 0.3 is 0 Å². The van der Waals surface area contributed by atoms with Crippen molar-refractivity contribution < 1.29 is 4.79 Å². The Morgan fingerprint density at radius 3 is 2.88 bits per heavy atom. The Kier molecular flexibility index (Phi) is 4.90. The average molecular weight is 477 g/mol. The van der Waals surface area contributed by atoms with Gasteiger partial charge < -0.3 is 10.7 Å². The van der Waals surface area contributed by atoms with Crippen molar-refractivity contribution >= 4 is 33.1 Å². The number of nitrogens with zero attached hydrogens (tertiary/aromatic N) is 4. The predicted molar refractivity (Wildman–Crippen MR) is 136 cm³/mol. The van der Waals surface area contributed by atoms with E-state index in [9.17, 15) is 4.79 Å². The van der Waals surface area contributed by atoms with E-state index in [-0.39, 0.29) is 11.4 Å². The van der Waals surface area contributed by atoms with Crippen LogP contribution in [0, 0.1) is 13.8 Å². The number of aryl methyl sites for hydroxylation is 2. The van der Waals surface area contributed by atoms with Gasteiger partial charge in [-0.3, -0.25) is 9.69 Å². The third kappa shape index (κ3) is 3.15. The molecule has 1 spiro atoms. The first kappa shape index (κ1) is 21.8. The van der Waals surface area contributed by atoms with E-state index in [2.05, 4.69) is 59.9 Å². The Morgan fingerprint density at radius 2 is 2.15 bits per heavy atom. The summed E-state index contributed by atoms with van der Waals surface area (Å²) >= 11 is 1.92. The van der Waals surface area contributed by atoms with Crippen molar-refractivity contribution in [2.45, 2.75) is 70.8 Å². The van der Waals surface area contributed by atoms with Crippen LogP contribution in [0.1, 0.15) is 72.9 Å². The predicted octanol–water partition coefficient (Wildman–Crippen LogP) is 4.88. The van der Waals surface area contributed by atoms with Crippen LogP contribution in [0.5, 0.6) is 0 Å². The van der Waals surface area contributed by atoms with Gasteiger partial charge in [-0.15, -0.1) is 11.3 Å². The van der Waals surface area contributed by atoms with Gasteiger partial charge in [-0.25, -0.2) is 9.50 Å². The summed E-state index contributed by atoms with van der Waals surface area (Å²) < 4.78 is 1.87. The highest BCUT2D eigenvalue weighted by molar-refractivity contribution is 7.19. The summed E-state index contributed by atoms with van der Waals surface area (Å²) in [5.41, 5.74) is 12.9. The Bertz CT molecular complexity index is 1420. The lowest BCUT2D eigenvalue weighted by Crippen LogP contribution is -2.54. The highest BCUT2D eigenvalue weighted by Crippen LogP contribution is 2.56. The van der Waals surface area contributed by atoms with E-state index >= 15 is 0 Å². The molecule has 7 nitrogen and oxygen atoms in total. The average Bonchev–Trinajstić information content (AvgIpc) is 3.50. The van der Waals surface area contributed by atoms with Gasteiger partial charge in [-0.2, -0.15) is 5.10 Å². The van der Waals surface area contributed by atoms with Gasteiger partial charge in [-0.05, 0) is 80.7 Å². The smallest absolute Gasteiger partial charge is 0.231 e. The molecule has 0 atom stereocenters. The SMILES string of the molecule is Cc1c(C2CC3(CCCN3CC(N)=O)C2)sc2[nH]c(-c3cc(C)c4ncnn4c3)c(C(C)C)c12. The van der Waals surface area contributed by atoms with E-state index in [1.54, 1.807) is 6.33 Å².